The Balaban J connectivity index is 2.02. The molecule has 0 aromatic heterocycles. The molecule has 3 heteroatoms. The molecule has 1 aromatic rings. The number of nitrogens with one attached hydrogen (secondary N) is 1. The maximum Gasteiger partial charge on any atom is 0.266 e. The standard InChI is InChI=1S/C12H14N2O/c1-8(13)12(15)14-11-6-9-4-2-3-5-10(9)7-11/h2-5,11H,1,6-7,13H2,(H,14,15). The molecule has 1 amide bonds. The highest BCUT2D eigenvalue weighted by Crippen LogP contribution is 2.21. The molecule has 0 bridgehead atoms. The molecule has 1 aliphatic rings. The fraction of sp³-hybridized carbons (Fsp3) is 0.250. The first kappa shape index (κ1) is 9.77. The largest absolute Gasteiger partial charge is 0.395 e. The molecule has 0 atom stereocenters. The van der Waals surface area contributed by atoms with Crippen molar-refractivity contribution in [2.45, 2.75) is 18.9 Å². The molecule has 0 saturated heterocycles. The van der Waals surface area contributed by atoms with E-state index in [1.165, 1.54) is 11.1 Å². The van der Waals surface area contributed by atoms with Crippen molar-refractivity contribution >= 4 is 5.91 Å². The Labute approximate surface area is 89.0 Å². The van der Waals surface area contributed by atoms with Crippen molar-refractivity contribution in [1.29, 1.82) is 0 Å². The highest BCUT2D eigenvalue weighted by Gasteiger charge is 2.22. The van der Waals surface area contributed by atoms with Crippen molar-refractivity contribution in [3.8, 4) is 0 Å². The van der Waals surface area contributed by atoms with Crippen LogP contribution in [0.1, 0.15) is 11.1 Å². The van der Waals surface area contributed by atoms with Gasteiger partial charge in [0, 0.05) is 6.04 Å². The number of rotatable bonds is 2. The molecule has 78 valence electrons. The van der Waals surface area contributed by atoms with Gasteiger partial charge in [-0.1, -0.05) is 30.8 Å². The predicted octanol–water partition coefficient (Wildman–Crippen LogP) is 0.742. The molecule has 2 rings (SSSR count). The second kappa shape index (κ2) is 3.77. The van der Waals surface area contributed by atoms with Gasteiger partial charge in [-0.25, -0.2) is 0 Å². The summed E-state index contributed by atoms with van der Waals surface area (Å²) in [6.07, 6.45) is 1.77. The van der Waals surface area contributed by atoms with E-state index in [1.807, 2.05) is 12.1 Å². The third-order valence-corrected chi connectivity index (χ3v) is 2.68. The Morgan fingerprint density at radius 3 is 2.33 bits per heavy atom. The summed E-state index contributed by atoms with van der Waals surface area (Å²) in [4.78, 5) is 11.3. The first-order valence-electron chi connectivity index (χ1n) is 4.99. The van der Waals surface area contributed by atoms with E-state index >= 15 is 0 Å². The van der Waals surface area contributed by atoms with Crippen LogP contribution in [0, 0.1) is 0 Å². The summed E-state index contributed by atoms with van der Waals surface area (Å²) in [6, 6.07) is 8.39. The summed E-state index contributed by atoms with van der Waals surface area (Å²) < 4.78 is 0. The summed E-state index contributed by atoms with van der Waals surface area (Å²) in [5, 5.41) is 2.86. The molecule has 0 unspecified atom stereocenters. The van der Waals surface area contributed by atoms with E-state index in [1.54, 1.807) is 0 Å². The van der Waals surface area contributed by atoms with Crippen LogP contribution >= 0.6 is 0 Å². The minimum atomic E-state index is -0.257. The molecule has 3 nitrogen and oxygen atoms in total. The first-order valence-corrected chi connectivity index (χ1v) is 4.99. The molecule has 0 saturated carbocycles. The quantitative estimate of drug-likeness (QED) is 0.695. The van der Waals surface area contributed by atoms with Crippen molar-refractivity contribution in [2.75, 3.05) is 0 Å². The lowest BCUT2D eigenvalue weighted by Crippen LogP contribution is -2.37. The lowest BCUT2D eigenvalue weighted by molar-refractivity contribution is -0.118. The smallest absolute Gasteiger partial charge is 0.266 e. The van der Waals surface area contributed by atoms with E-state index in [2.05, 4.69) is 24.0 Å². The van der Waals surface area contributed by atoms with Gasteiger partial charge in [-0.3, -0.25) is 4.79 Å². The monoisotopic (exact) mass is 202 g/mol. The van der Waals surface area contributed by atoms with Gasteiger partial charge in [-0.05, 0) is 24.0 Å². The fourth-order valence-corrected chi connectivity index (χ4v) is 1.94. The Kier molecular flexibility index (Phi) is 2.46. The molecular formula is C12H14N2O. The molecular weight excluding hydrogens is 188 g/mol. The van der Waals surface area contributed by atoms with Gasteiger partial charge >= 0.3 is 0 Å². The molecule has 1 aromatic carbocycles. The van der Waals surface area contributed by atoms with Gasteiger partial charge in [0.05, 0.1) is 5.70 Å². The molecule has 0 fully saturated rings. The van der Waals surface area contributed by atoms with Gasteiger partial charge in [-0.2, -0.15) is 0 Å². The van der Waals surface area contributed by atoms with Crippen LogP contribution in [0.25, 0.3) is 0 Å². The Hall–Kier alpha value is -1.77. The highest BCUT2D eigenvalue weighted by atomic mass is 16.2. The summed E-state index contributed by atoms with van der Waals surface area (Å²) >= 11 is 0. The van der Waals surface area contributed by atoms with E-state index < -0.39 is 0 Å². The molecule has 3 N–H and O–H groups in total. The number of nitrogens with two attached hydrogens (primary N) is 1. The highest BCUT2D eigenvalue weighted by molar-refractivity contribution is 5.92. The van der Waals surface area contributed by atoms with Crippen molar-refractivity contribution in [3.63, 3.8) is 0 Å². The third kappa shape index (κ3) is 2.01. The third-order valence-electron chi connectivity index (χ3n) is 2.68. The predicted molar refractivity (Wildman–Crippen MR) is 59.1 cm³/mol. The van der Waals surface area contributed by atoms with Crippen molar-refractivity contribution in [2.24, 2.45) is 5.73 Å². The van der Waals surface area contributed by atoms with Crippen molar-refractivity contribution < 1.29 is 4.79 Å². The van der Waals surface area contributed by atoms with Gasteiger partial charge in [0.25, 0.3) is 5.91 Å². The van der Waals surface area contributed by atoms with Gasteiger partial charge in [0.15, 0.2) is 0 Å². The van der Waals surface area contributed by atoms with E-state index in [0.717, 1.165) is 12.8 Å². The SMILES string of the molecule is C=C(N)C(=O)NC1Cc2ccccc2C1. The molecule has 0 radical (unpaired) electrons. The molecule has 0 heterocycles. The minimum Gasteiger partial charge on any atom is -0.395 e. The second-order valence-electron chi connectivity index (χ2n) is 3.87. The number of carbonyl (C=O) groups is 1. The number of fused-ring (bicyclic) bond motifs is 1. The summed E-state index contributed by atoms with van der Waals surface area (Å²) in [6.45, 7) is 3.41. The van der Waals surface area contributed by atoms with Crippen LogP contribution < -0.4 is 11.1 Å². The minimum absolute atomic E-state index is 0.0750. The summed E-state index contributed by atoms with van der Waals surface area (Å²) in [5.74, 6) is -0.257. The molecule has 0 aliphatic heterocycles. The van der Waals surface area contributed by atoms with Crippen LogP contribution in [0.4, 0.5) is 0 Å². The van der Waals surface area contributed by atoms with Crippen molar-refractivity contribution in [3.05, 3.63) is 47.7 Å². The fourth-order valence-electron chi connectivity index (χ4n) is 1.94. The summed E-state index contributed by atoms with van der Waals surface area (Å²) in [7, 11) is 0. The van der Waals surface area contributed by atoms with Crippen LogP contribution in [-0.4, -0.2) is 11.9 Å². The maximum atomic E-state index is 11.3. The van der Waals surface area contributed by atoms with E-state index in [-0.39, 0.29) is 17.6 Å². The van der Waals surface area contributed by atoms with Crippen LogP contribution in [0.3, 0.4) is 0 Å². The van der Waals surface area contributed by atoms with Crippen LogP contribution in [0.15, 0.2) is 36.5 Å². The zero-order chi connectivity index (χ0) is 10.8. The van der Waals surface area contributed by atoms with Crippen molar-refractivity contribution in [1.82, 2.24) is 5.32 Å². The average Bonchev–Trinajstić information content (AvgIpc) is 2.59. The number of carbonyl (C=O) groups excluding carboxylic acids is 1. The average molecular weight is 202 g/mol. The molecule has 0 spiro atoms. The lowest BCUT2D eigenvalue weighted by Gasteiger charge is -2.11. The second-order valence-corrected chi connectivity index (χ2v) is 3.87. The maximum absolute atomic E-state index is 11.3. The van der Waals surface area contributed by atoms with Crippen LogP contribution in [-0.2, 0) is 17.6 Å². The Morgan fingerprint density at radius 2 is 1.87 bits per heavy atom. The number of amides is 1. The van der Waals surface area contributed by atoms with Crippen LogP contribution in [0.5, 0.6) is 0 Å². The van der Waals surface area contributed by atoms with Gasteiger partial charge < -0.3 is 11.1 Å². The first-order chi connectivity index (χ1) is 7.16. The Morgan fingerprint density at radius 1 is 1.33 bits per heavy atom. The van der Waals surface area contributed by atoms with E-state index in [9.17, 15) is 4.79 Å². The zero-order valence-electron chi connectivity index (χ0n) is 8.49. The zero-order valence-corrected chi connectivity index (χ0v) is 8.49. The lowest BCUT2D eigenvalue weighted by atomic mass is 10.1. The van der Waals surface area contributed by atoms with E-state index in [0.29, 0.717) is 0 Å². The molecule has 15 heavy (non-hydrogen) atoms. The summed E-state index contributed by atoms with van der Waals surface area (Å²) in [5.41, 5.74) is 8.01. The molecule has 1 aliphatic carbocycles. The number of hydrogen-bond donors (Lipinski definition) is 2. The van der Waals surface area contributed by atoms with Gasteiger partial charge in [-0.15, -0.1) is 0 Å². The van der Waals surface area contributed by atoms with Gasteiger partial charge in [0.1, 0.15) is 0 Å². The Bertz CT molecular complexity index is 387. The van der Waals surface area contributed by atoms with Crippen LogP contribution in [0.2, 0.25) is 0 Å². The van der Waals surface area contributed by atoms with E-state index in [4.69, 9.17) is 5.73 Å². The number of hydrogen-bond acceptors (Lipinski definition) is 2. The van der Waals surface area contributed by atoms with Gasteiger partial charge in [0.2, 0.25) is 0 Å². The topological polar surface area (TPSA) is 55.1 Å². The number of benzene rings is 1. The normalized spacial score (nSPS) is 14.7.